The summed E-state index contributed by atoms with van der Waals surface area (Å²) < 4.78 is 16.6. The summed E-state index contributed by atoms with van der Waals surface area (Å²) in [5.41, 5.74) is 1.00. The second-order valence-corrected chi connectivity index (χ2v) is 5.87. The molecule has 120 valence electrons. The van der Waals surface area contributed by atoms with Crippen molar-refractivity contribution in [3.8, 4) is 23.3 Å². The number of benzene rings is 2. The molecule has 1 aliphatic heterocycles. The number of rotatable bonds is 4. The van der Waals surface area contributed by atoms with Crippen LogP contribution in [0, 0.1) is 11.3 Å². The largest absolute Gasteiger partial charge is 0.496 e. The van der Waals surface area contributed by atoms with E-state index in [1.807, 2.05) is 12.1 Å². The minimum absolute atomic E-state index is 0.00488. The van der Waals surface area contributed by atoms with Crippen LogP contribution in [0.3, 0.4) is 0 Å². The molecule has 0 atom stereocenters. The number of hydrogen-bond donors (Lipinski definition) is 0. The second-order valence-electron chi connectivity index (χ2n) is 4.95. The third-order valence-corrected chi connectivity index (χ3v) is 3.98. The number of fused-ring (bicyclic) bond motifs is 1. The Bertz CT molecular complexity index is 883. The van der Waals surface area contributed by atoms with Gasteiger partial charge in [-0.05, 0) is 42.5 Å². The van der Waals surface area contributed by atoms with Crippen LogP contribution in [-0.2, 0) is 0 Å². The van der Waals surface area contributed by atoms with Gasteiger partial charge < -0.3 is 14.2 Å². The van der Waals surface area contributed by atoms with Crippen molar-refractivity contribution >= 4 is 27.8 Å². The maximum absolute atomic E-state index is 12.6. The highest BCUT2D eigenvalue weighted by Gasteiger charge is 2.19. The van der Waals surface area contributed by atoms with Gasteiger partial charge in [-0.25, -0.2) is 0 Å². The molecule has 0 spiro atoms. The number of halogens is 1. The van der Waals surface area contributed by atoms with E-state index in [1.54, 1.807) is 30.3 Å². The number of nitrogens with zero attached hydrogens (tertiary/aromatic N) is 1. The molecule has 24 heavy (non-hydrogen) atoms. The number of nitriles is 1. The molecule has 1 heterocycles. The molecule has 0 aliphatic carbocycles. The average molecular weight is 386 g/mol. The van der Waals surface area contributed by atoms with E-state index in [2.05, 4.69) is 15.9 Å². The maximum atomic E-state index is 12.6. The summed E-state index contributed by atoms with van der Waals surface area (Å²) in [6.07, 6.45) is 1.51. The maximum Gasteiger partial charge on any atom is 0.231 e. The van der Waals surface area contributed by atoms with Gasteiger partial charge in [0.05, 0.1) is 7.11 Å². The number of ether oxygens (including phenoxy) is 3. The molecule has 0 amide bonds. The fourth-order valence-corrected chi connectivity index (χ4v) is 2.69. The molecule has 0 unspecified atom stereocenters. The van der Waals surface area contributed by atoms with Gasteiger partial charge >= 0.3 is 0 Å². The zero-order chi connectivity index (χ0) is 17.1. The van der Waals surface area contributed by atoms with Crippen LogP contribution in [0.4, 0.5) is 0 Å². The lowest BCUT2D eigenvalue weighted by atomic mass is 10.0. The van der Waals surface area contributed by atoms with Gasteiger partial charge in [-0.3, -0.25) is 4.79 Å². The quantitative estimate of drug-likeness (QED) is 0.452. The third-order valence-electron chi connectivity index (χ3n) is 3.49. The highest BCUT2D eigenvalue weighted by atomic mass is 79.9. The fraction of sp³-hybridized carbons (Fsp3) is 0.111. The van der Waals surface area contributed by atoms with E-state index in [4.69, 9.17) is 14.2 Å². The molecule has 2 aromatic carbocycles. The molecule has 5 nitrogen and oxygen atoms in total. The fourth-order valence-electron chi connectivity index (χ4n) is 2.32. The molecule has 0 N–H and O–H groups in total. The highest BCUT2D eigenvalue weighted by molar-refractivity contribution is 9.10. The Labute approximate surface area is 147 Å². The standard InChI is InChI=1S/C18H12BrNO4/c1-22-15-5-3-14(19)7-12(15)6-13(9-20)18(21)11-2-4-16-17(8-11)24-10-23-16/h2-8H,10H2,1H3/b13-6+. The van der Waals surface area contributed by atoms with Gasteiger partial charge in [0.15, 0.2) is 11.5 Å². The lowest BCUT2D eigenvalue weighted by molar-refractivity contribution is 0.103. The number of allylic oxidation sites excluding steroid dienone is 1. The van der Waals surface area contributed by atoms with Crippen molar-refractivity contribution in [3.63, 3.8) is 0 Å². The lowest BCUT2D eigenvalue weighted by Gasteiger charge is -2.06. The number of Topliss-reactive ketones (excluding diaryl/α,β-unsaturated/α-hetero) is 1. The van der Waals surface area contributed by atoms with E-state index in [0.29, 0.717) is 28.4 Å². The van der Waals surface area contributed by atoms with Crippen molar-refractivity contribution in [3.05, 3.63) is 57.6 Å². The molecule has 2 aromatic rings. The lowest BCUT2D eigenvalue weighted by Crippen LogP contribution is -2.02. The van der Waals surface area contributed by atoms with Crippen LogP contribution in [0.2, 0.25) is 0 Å². The predicted molar refractivity (Wildman–Crippen MR) is 91.2 cm³/mol. The highest BCUT2D eigenvalue weighted by Crippen LogP contribution is 2.33. The number of methoxy groups -OCH3 is 1. The van der Waals surface area contributed by atoms with Gasteiger partial charge in [-0.15, -0.1) is 0 Å². The molecule has 3 rings (SSSR count). The zero-order valence-corrected chi connectivity index (χ0v) is 14.3. The predicted octanol–water partition coefficient (Wildman–Crippen LogP) is 3.98. The van der Waals surface area contributed by atoms with E-state index < -0.39 is 5.78 Å². The first-order chi connectivity index (χ1) is 11.6. The normalized spacial score (nSPS) is 12.6. The molecule has 1 aliphatic rings. The first-order valence-electron chi connectivity index (χ1n) is 7.02. The second kappa shape index (κ2) is 6.77. The van der Waals surface area contributed by atoms with Crippen LogP contribution in [0.15, 0.2) is 46.4 Å². The van der Waals surface area contributed by atoms with Gasteiger partial charge in [0, 0.05) is 15.6 Å². The Morgan fingerprint density at radius 2 is 2.04 bits per heavy atom. The van der Waals surface area contributed by atoms with Gasteiger partial charge in [0.25, 0.3) is 0 Å². The molecule has 0 saturated carbocycles. The van der Waals surface area contributed by atoms with Crippen molar-refractivity contribution in [2.24, 2.45) is 0 Å². The summed E-state index contributed by atoms with van der Waals surface area (Å²) in [5, 5.41) is 9.40. The average Bonchev–Trinajstić information content (AvgIpc) is 3.06. The SMILES string of the molecule is COc1ccc(Br)cc1/C=C(\C#N)C(=O)c1ccc2c(c1)OCO2. The Morgan fingerprint density at radius 3 is 2.79 bits per heavy atom. The van der Waals surface area contributed by atoms with Crippen molar-refractivity contribution in [1.82, 2.24) is 0 Å². The Morgan fingerprint density at radius 1 is 1.25 bits per heavy atom. The molecular formula is C18H12BrNO4. The third kappa shape index (κ3) is 3.12. The molecule has 0 radical (unpaired) electrons. The first kappa shape index (κ1) is 16.1. The number of carbonyl (C=O) groups is 1. The molecular weight excluding hydrogens is 374 g/mol. The Kier molecular flexibility index (Phi) is 4.54. The zero-order valence-electron chi connectivity index (χ0n) is 12.7. The van der Waals surface area contributed by atoms with Crippen molar-refractivity contribution in [2.75, 3.05) is 13.9 Å². The van der Waals surface area contributed by atoms with Crippen LogP contribution in [0.5, 0.6) is 17.2 Å². The van der Waals surface area contributed by atoms with E-state index in [9.17, 15) is 10.1 Å². The number of ketones is 1. The van der Waals surface area contributed by atoms with Gasteiger partial charge in [0.2, 0.25) is 12.6 Å². The summed E-state index contributed by atoms with van der Waals surface area (Å²) >= 11 is 3.37. The number of hydrogen-bond acceptors (Lipinski definition) is 5. The van der Waals surface area contributed by atoms with Crippen LogP contribution in [0.25, 0.3) is 6.08 Å². The minimum Gasteiger partial charge on any atom is -0.496 e. The first-order valence-corrected chi connectivity index (χ1v) is 7.81. The molecule has 0 bridgehead atoms. The van der Waals surface area contributed by atoms with E-state index in [-0.39, 0.29) is 12.4 Å². The van der Waals surface area contributed by atoms with E-state index in [1.165, 1.54) is 13.2 Å². The van der Waals surface area contributed by atoms with Crippen molar-refractivity contribution < 1.29 is 19.0 Å². The molecule has 0 fully saturated rings. The summed E-state index contributed by atoms with van der Waals surface area (Å²) in [6.45, 7) is 0.128. The summed E-state index contributed by atoms with van der Waals surface area (Å²) in [7, 11) is 1.53. The summed E-state index contributed by atoms with van der Waals surface area (Å²) in [6, 6.07) is 12.2. The smallest absolute Gasteiger partial charge is 0.231 e. The van der Waals surface area contributed by atoms with Gasteiger partial charge in [-0.1, -0.05) is 15.9 Å². The Balaban J connectivity index is 1.98. The van der Waals surface area contributed by atoms with Crippen molar-refractivity contribution in [2.45, 2.75) is 0 Å². The van der Waals surface area contributed by atoms with Crippen LogP contribution >= 0.6 is 15.9 Å². The summed E-state index contributed by atoms with van der Waals surface area (Å²) in [4.78, 5) is 12.6. The van der Waals surface area contributed by atoms with Crippen LogP contribution < -0.4 is 14.2 Å². The van der Waals surface area contributed by atoms with Crippen molar-refractivity contribution in [1.29, 1.82) is 5.26 Å². The topological polar surface area (TPSA) is 68.5 Å². The number of carbonyl (C=O) groups excluding carboxylic acids is 1. The van der Waals surface area contributed by atoms with E-state index in [0.717, 1.165) is 4.47 Å². The minimum atomic E-state index is -0.391. The Hall–Kier alpha value is -2.78. The molecule has 0 saturated heterocycles. The summed E-state index contributed by atoms with van der Waals surface area (Å²) in [5.74, 6) is 1.27. The van der Waals surface area contributed by atoms with Gasteiger partial charge in [0.1, 0.15) is 17.4 Å². The van der Waals surface area contributed by atoms with Gasteiger partial charge in [-0.2, -0.15) is 5.26 Å². The monoisotopic (exact) mass is 385 g/mol. The van der Waals surface area contributed by atoms with Crippen LogP contribution in [0.1, 0.15) is 15.9 Å². The molecule has 0 aromatic heterocycles. The van der Waals surface area contributed by atoms with E-state index >= 15 is 0 Å². The molecule has 6 heteroatoms. The van der Waals surface area contributed by atoms with Crippen LogP contribution in [-0.4, -0.2) is 19.7 Å².